The lowest BCUT2D eigenvalue weighted by molar-refractivity contribution is 0.458. The van der Waals surface area contributed by atoms with Gasteiger partial charge in [-0.2, -0.15) is 4.31 Å². The molecule has 1 fully saturated rings. The summed E-state index contributed by atoms with van der Waals surface area (Å²) in [5.41, 5.74) is 1.05. The quantitative estimate of drug-likeness (QED) is 0.872. The van der Waals surface area contributed by atoms with Gasteiger partial charge >= 0.3 is 0 Å². The molecule has 22 heavy (non-hydrogen) atoms. The minimum Gasteiger partial charge on any atom is -0.312 e. The number of rotatable bonds is 6. The summed E-state index contributed by atoms with van der Waals surface area (Å²) in [6.45, 7) is 1.94. The Kier molecular flexibility index (Phi) is 4.87. The molecule has 118 valence electrons. The van der Waals surface area contributed by atoms with E-state index in [1.807, 2.05) is 18.2 Å². The summed E-state index contributed by atoms with van der Waals surface area (Å²) in [5.74, 6) is 0. The van der Waals surface area contributed by atoms with Crippen molar-refractivity contribution in [3.8, 4) is 0 Å². The van der Waals surface area contributed by atoms with Crippen LogP contribution in [0.4, 0.5) is 0 Å². The van der Waals surface area contributed by atoms with Crippen LogP contribution in [0.3, 0.4) is 0 Å². The molecule has 0 spiro atoms. The third-order valence-electron chi connectivity index (χ3n) is 3.78. The second-order valence-electron chi connectivity index (χ2n) is 5.31. The van der Waals surface area contributed by atoms with Crippen molar-refractivity contribution >= 4 is 21.4 Å². The molecule has 1 N–H and O–H groups in total. The average molecular weight is 337 g/mol. The largest absolute Gasteiger partial charge is 0.312 e. The molecule has 0 saturated carbocycles. The van der Waals surface area contributed by atoms with E-state index < -0.39 is 10.0 Å². The van der Waals surface area contributed by atoms with Gasteiger partial charge in [0.05, 0.1) is 0 Å². The molecule has 0 bridgehead atoms. The first-order valence-electron chi connectivity index (χ1n) is 7.33. The number of nitrogens with zero attached hydrogens (tertiary/aromatic N) is 2. The summed E-state index contributed by atoms with van der Waals surface area (Å²) in [6, 6.07) is 9.55. The molecule has 1 aliphatic heterocycles. The molecule has 1 saturated heterocycles. The smallest absolute Gasteiger partial charge is 0.252 e. The SMILES string of the molecule is O=S(=O)(c1cccs1)N1CCC(NCCc2ccccn2)C1. The lowest BCUT2D eigenvalue weighted by Crippen LogP contribution is -2.35. The molecule has 0 aliphatic carbocycles. The number of pyridine rings is 1. The Balaban J connectivity index is 1.50. The van der Waals surface area contributed by atoms with E-state index in [1.54, 1.807) is 28.0 Å². The molecule has 0 amide bonds. The number of sulfonamides is 1. The van der Waals surface area contributed by atoms with Crippen molar-refractivity contribution in [1.29, 1.82) is 0 Å². The van der Waals surface area contributed by atoms with Crippen molar-refractivity contribution in [3.63, 3.8) is 0 Å². The maximum absolute atomic E-state index is 12.4. The highest BCUT2D eigenvalue weighted by molar-refractivity contribution is 7.91. The van der Waals surface area contributed by atoms with Crippen LogP contribution in [0.15, 0.2) is 46.1 Å². The predicted molar refractivity (Wildman–Crippen MR) is 87.4 cm³/mol. The Labute approximate surface area is 135 Å². The molecule has 0 aromatic carbocycles. The zero-order valence-corrected chi connectivity index (χ0v) is 13.8. The monoisotopic (exact) mass is 337 g/mol. The molecular weight excluding hydrogens is 318 g/mol. The fourth-order valence-corrected chi connectivity index (χ4v) is 5.25. The van der Waals surface area contributed by atoms with Crippen molar-refractivity contribution in [1.82, 2.24) is 14.6 Å². The van der Waals surface area contributed by atoms with Gasteiger partial charge in [-0.15, -0.1) is 11.3 Å². The minimum atomic E-state index is -3.31. The van der Waals surface area contributed by atoms with Gasteiger partial charge in [-0.3, -0.25) is 4.98 Å². The Morgan fingerprint density at radius 3 is 2.95 bits per heavy atom. The van der Waals surface area contributed by atoms with Crippen molar-refractivity contribution in [2.45, 2.75) is 23.1 Å². The highest BCUT2D eigenvalue weighted by atomic mass is 32.2. The van der Waals surface area contributed by atoms with Gasteiger partial charge in [-0.05, 0) is 30.0 Å². The van der Waals surface area contributed by atoms with Gasteiger partial charge in [0.25, 0.3) is 10.0 Å². The molecular formula is C15H19N3O2S2. The summed E-state index contributed by atoms with van der Waals surface area (Å²) in [5, 5.41) is 5.23. The fourth-order valence-electron chi connectivity index (χ4n) is 2.60. The molecule has 5 nitrogen and oxygen atoms in total. The molecule has 1 atom stereocenters. The van der Waals surface area contributed by atoms with Crippen molar-refractivity contribution < 1.29 is 8.42 Å². The van der Waals surface area contributed by atoms with Crippen molar-refractivity contribution in [3.05, 3.63) is 47.6 Å². The van der Waals surface area contributed by atoms with Crippen LogP contribution in [0.5, 0.6) is 0 Å². The van der Waals surface area contributed by atoms with Crippen LogP contribution in [0.2, 0.25) is 0 Å². The molecule has 0 radical (unpaired) electrons. The Hall–Kier alpha value is -1.28. The molecule has 3 rings (SSSR count). The molecule has 2 aromatic heterocycles. The summed E-state index contributed by atoms with van der Waals surface area (Å²) in [6.07, 6.45) is 3.50. The zero-order valence-electron chi connectivity index (χ0n) is 12.2. The first-order chi connectivity index (χ1) is 10.7. The normalized spacial score (nSPS) is 19.5. The average Bonchev–Trinajstić information content (AvgIpc) is 3.20. The zero-order chi connectivity index (χ0) is 15.4. The van der Waals surface area contributed by atoms with Crippen LogP contribution in [-0.4, -0.2) is 43.4 Å². The van der Waals surface area contributed by atoms with Gasteiger partial charge in [0.2, 0.25) is 0 Å². The summed E-state index contributed by atoms with van der Waals surface area (Å²) in [7, 11) is -3.31. The van der Waals surface area contributed by atoms with E-state index in [0.29, 0.717) is 17.3 Å². The number of hydrogen-bond donors (Lipinski definition) is 1. The van der Waals surface area contributed by atoms with Gasteiger partial charge < -0.3 is 5.32 Å². The maximum atomic E-state index is 12.4. The van der Waals surface area contributed by atoms with Crippen molar-refractivity contribution in [2.24, 2.45) is 0 Å². The number of aromatic nitrogens is 1. The van der Waals surface area contributed by atoms with Gasteiger partial charge in [0, 0.05) is 44.0 Å². The van der Waals surface area contributed by atoms with E-state index in [0.717, 1.165) is 25.1 Å². The predicted octanol–water partition coefficient (Wildman–Crippen LogP) is 1.74. The number of nitrogens with one attached hydrogen (secondary N) is 1. The molecule has 1 unspecified atom stereocenters. The van der Waals surface area contributed by atoms with E-state index in [1.165, 1.54) is 11.3 Å². The molecule has 2 aromatic rings. The van der Waals surface area contributed by atoms with E-state index in [4.69, 9.17) is 0 Å². The highest BCUT2D eigenvalue weighted by Crippen LogP contribution is 2.24. The van der Waals surface area contributed by atoms with Crippen LogP contribution in [0, 0.1) is 0 Å². The first kappa shape index (κ1) is 15.6. The lowest BCUT2D eigenvalue weighted by atomic mass is 10.2. The Morgan fingerprint density at radius 1 is 1.32 bits per heavy atom. The second-order valence-corrected chi connectivity index (χ2v) is 8.42. The summed E-state index contributed by atoms with van der Waals surface area (Å²) < 4.78 is 26.9. The van der Waals surface area contributed by atoms with Crippen LogP contribution >= 0.6 is 11.3 Å². The third kappa shape index (κ3) is 3.55. The van der Waals surface area contributed by atoms with Gasteiger partial charge in [-0.1, -0.05) is 12.1 Å². The number of thiophene rings is 1. The molecule has 7 heteroatoms. The van der Waals surface area contributed by atoms with Gasteiger partial charge in [-0.25, -0.2) is 8.42 Å². The van der Waals surface area contributed by atoms with Crippen LogP contribution in [-0.2, 0) is 16.4 Å². The van der Waals surface area contributed by atoms with Gasteiger partial charge in [0.15, 0.2) is 0 Å². The summed E-state index contributed by atoms with van der Waals surface area (Å²) in [4.78, 5) is 4.29. The highest BCUT2D eigenvalue weighted by Gasteiger charge is 2.32. The maximum Gasteiger partial charge on any atom is 0.252 e. The molecule has 1 aliphatic rings. The van der Waals surface area contributed by atoms with Gasteiger partial charge in [0.1, 0.15) is 4.21 Å². The Bertz CT molecular complexity index is 687. The fraction of sp³-hybridized carbons (Fsp3) is 0.400. The van der Waals surface area contributed by atoms with Crippen LogP contribution < -0.4 is 5.32 Å². The van der Waals surface area contributed by atoms with E-state index in [2.05, 4.69) is 10.3 Å². The Morgan fingerprint density at radius 2 is 2.23 bits per heavy atom. The van der Waals surface area contributed by atoms with E-state index in [-0.39, 0.29) is 6.04 Å². The standard InChI is InChI=1S/C15H19N3O2S2/c19-22(20,15-5-3-11-21-15)18-10-7-14(12-18)17-9-6-13-4-1-2-8-16-13/h1-5,8,11,14,17H,6-7,9-10,12H2. The van der Waals surface area contributed by atoms with E-state index in [9.17, 15) is 8.42 Å². The van der Waals surface area contributed by atoms with E-state index >= 15 is 0 Å². The summed E-state index contributed by atoms with van der Waals surface area (Å²) >= 11 is 1.27. The topological polar surface area (TPSA) is 62.3 Å². The number of hydrogen-bond acceptors (Lipinski definition) is 5. The third-order valence-corrected chi connectivity index (χ3v) is 7.02. The van der Waals surface area contributed by atoms with Crippen LogP contribution in [0.25, 0.3) is 0 Å². The minimum absolute atomic E-state index is 0.221. The van der Waals surface area contributed by atoms with Crippen LogP contribution in [0.1, 0.15) is 12.1 Å². The molecule has 3 heterocycles. The first-order valence-corrected chi connectivity index (χ1v) is 9.65. The second kappa shape index (κ2) is 6.87. The van der Waals surface area contributed by atoms with Crippen molar-refractivity contribution in [2.75, 3.05) is 19.6 Å². The lowest BCUT2D eigenvalue weighted by Gasteiger charge is -2.16.